The molecule has 0 saturated carbocycles. The highest BCUT2D eigenvalue weighted by Gasteiger charge is 2.33. The van der Waals surface area contributed by atoms with E-state index in [-0.39, 0.29) is 11.1 Å². The third kappa shape index (κ3) is 4.15. The average molecular weight is 483 g/mol. The predicted molar refractivity (Wildman–Crippen MR) is 125 cm³/mol. The van der Waals surface area contributed by atoms with Crippen molar-refractivity contribution in [2.75, 3.05) is 14.2 Å². The molecule has 168 valence electrons. The average Bonchev–Trinajstić information content (AvgIpc) is 3.13. The Kier molecular flexibility index (Phi) is 6.31. The molecule has 4 rings (SSSR count). The fourth-order valence-corrected chi connectivity index (χ4v) is 4.89. The first kappa shape index (κ1) is 22.7. The number of methoxy groups -OCH3 is 2. The zero-order valence-electron chi connectivity index (χ0n) is 18.0. The highest BCUT2D eigenvalue weighted by molar-refractivity contribution is 7.07. The summed E-state index contributed by atoms with van der Waals surface area (Å²) in [5.41, 5.74) is 2.08. The first-order valence-corrected chi connectivity index (χ1v) is 11.1. The molecule has 1 atom stereocenters. The third-order valence-corrected chi connectivity index (χ3v) is 6.59. The molecule has 0 spiro atoms. The molecule has 7 nitrogen and oxygen atoms in total. The quantitative estimate of drug-likeness (QED) is 0.534. The van der Waals surface area contributed by atoms with Crippen LogP contribution >= 0.6 is 22.9 Å². The van der Waals surface area contributed by atoms with E-state index in [1.807, 2.05) is 18.2 Å². The molecule has 0 aliphatic carbocycles. The molecule has 2 aromatic carbocycles. The zero-order chi connectivity index (χ0) is 23.7. The van der Waals surface area contributed by atoms with E-state index in [2.05, 4.69) is 4.99 Å². The number of halogens is 1. The second-order valence-electron chi connectivity index (χ2n) is 7.21. The number of esters is 2. The van der Waals surface area contributed by atoms with Gasteiger partial charge in [0.25, 0.3) is 5.56 Å². The van der Waals surface area contributed by atoms with Crippen molar-refractivity contribution >= 4 is 41.0 Å². The number of nitrogens with zero attached hydrogens (tertiary/aromatic N) is 2. The van der Waals surface area contributed by atoms with Gasteiger partial charge in [0, 0.05) is 5.02 Å². The topological polar surface area (TPSA) is 87.0 Å². The minimum atomic E-state index is -0.770. The van der Waals surface area contributed by atoms with E-state index in [0.29, 0.717) is 36.7 Å². The molecule has 0 bridgehead atoms. The number of fused-ring (bicyclic) bond motifs is 1. The number of rotatable bonds is 4. The lowest BCUT2D eigenvalue weighted by Crippen LogP contribution is -2.39. The molecular formula is C24H19ClN2O5S. The molecule has 0 fully saturated rings. The van der Waals surface area contributed by atoms with Crippen LogP contribution in [0.15, 0.2) is 69.6 Å². The SMILES string of the molecule is COC(=O)C1=C(C)N=c2s/c(=C\c3ccccc3Cl)c(=O)n2[C@H]1c1ccc(C(=O)OC)cc1. The maximum absolute atomic E-state index is 13.5. The smallest absolute Gasteiger partial charge is 0.338 e. The van der Waals surface area contributed by atoms with E-state index >= 15 is 0 Å². The number of ether oxygens (including phenoxy) is 2. The molecule has 1 aromatic heterocycles. The number of aromatic nitrogens is 1. The lowest BCUT2D eigenvalue weighted by molar-refractivity contribution is -0.136. The highest BCUT2D eigenvalue weighted by Crippen LogP contribution is 2.30. The zero-order valence-corrected chi connectivity index (χ0v) is 19.6. The van der Waals surface area contributed by atoms with Crippen molar-refractivity contribution in [2.45, 2.75) is 13.0 Å². The minimum absolute atomic E-state index is 0.250. The predicted octanol–water partition coefficient (Wildman–Crippen LogP) is 2.85. The lowest BCUT2D eigenvalue weighted by atomic mass is 9.95. The summed E-state index contributed by atoms with van der Waals surface area (Å²) >= 11 is 7.48. The molecule has 1 aliphatic heterocycles. The van der Waals surface area contributed by atoms with Crippen molar-refractivity contribution in [1.82, 2.24) is 4.57 Å². The normalized spacial score (nSPS) is 15.6. The van der Waals surface area contributed by atoms with Gasteiger partial charge in [0.2, 0.25) is 0 Å². The van der Waals surface area contributed by atoms with Gasteiger partial charge in [0.05, 0.1) is 41.6 Å². The largest absolute Gasteiger partial charge is 0.466 e. The van der Waals surface area contributed by atoms with E-state index in [0.717, 1.165) is 0 Å². The first-order valence-electron chi connectivity index (χ1n) is 9.89. The van der Waals surface area contributed by atoms with E-state index in [1.54, 1.807) is 43.3 Å². The molecule has 0 N–H and O–H groups in total. The van der Waals surface area contributed by atoms with Gasteiger partial charge in [-0.05, 0) is 42.3 Å². The summed E-state index contributed by atoms with van der Waals surface area (Å²) in [6.07, 6.45) is 1.71. The highest BCUT2D eigenvalue weighted by atomic mass is 35.5. The van der Waals surface area contributed by atoms with Crippen LogP contribution in [0.2, 0.25) is 5.02 Å². The van der Waals surface area contributed by atoms with Crippen LogP contribution in [0.25, 0.3) is 6.08 Å². The van der Waals surface area contributed by atoms with E-state index in [1.165, 1.54) is 30.1 Å². The van der Waals surface area contributed by atoms with Crippen molar-refractivity contribution in [3.05, 3.63) is 101 Å². The lowest BCUT2D eigenvalue weighted by Gasteiger charge is -2.24. The molecule has 1 aliphatic rings. The summed E-state index contributed by atoms with van der Waals surface area (Å²) < 4.78 is 11.7. The van der Waals surface area contributed by atoms with Crippen LogP contribution in [0, 0.1) is 0 Å². The van der Waals surface area contributed by atoms with Gasteiger partial charge in [-0.15, -0.1) is 0 Å². The number of carbonyl (C=O) groups is 2. The monoisotopic (exact) mass is 482 g/mol. The molecule has 0 radical (unpaired) electrons. The summed E-state index contributed by atoms with van der Waals surface area (Å²) in [6.45, 7) is 1.70. The Hall–Kier alpha value is -3.49. The van der Waals surface area contributed by atoms with Gasteiger partial charge in [-0.3, -0.25) is 9.36 Å². The Morgan fingerprint density at radius 1 is 1.06 bits per heavy atom. The molecule has 2 heterocycles. The summed E-state index contributed by atoms with van der Waals surface area (Å²) in [5, 5.41) is 0.518. The Morgan fingerprint density at radius 2 is 1.73 bits per heavy atom. The van der Waals surface area contributed by atoms with Crippen LogP contribution in [-0.2, 0) is 14.3 Å². The van der Waals surface area contributed by atoms with Crippen molar-refractivity contribution in [3.8, 4) is 0 Å². The number of carbonyl (C=O) groups excluding carboxylic acids is 2. The Labute approximate surface area is 197 Å². The van der Waals surface area contributed by atoms with E-state index in [4.69, 9.17) is 21.1 Å². The van der Waals surface area contributed by atoms with Crippen LogP contribution in [0.4, 0.5) is 0 Å². The number of benzene rings is 2. The van der Waals surface area contributed by atoms with Crippen LogP contribution in [-0.4, -0.2) is 30.7 Å². The van der Waals surface area contributed by atoms with Gasteiger partial charge in [-0.25, -0.2) is 14.6 Å². The van der Waals surface area contributed by atoms with Gasteiger partial charge in [0.15, 0.2) is 4.80 Å². The van der Waals surface area contributed by atoms with Gasteiger partial charge in [-0.2, -0.15) is 0 Å². The van der Waals surface area contributed by atoms with Crippen molar-refractivity contribution < 1.29 is 19.1 Å². The summed E-state index contributed by atoms with van der Waals surface area (Å²) in [5.74, 6) is -1.07. The number of hydrogen-bond donors (Lipinski definition) is 0. The molecular weight excluding hydrogens is 464 g/mol. The van der Waals surface area contributed by atoms with E-state index in [9.17, 15) is 14.4 Å². The van der Waals surface area contributed by atoms with Gasteiger partial charge in [-0.1, -0.05) is 53.3 Å². The van der Waals surface area contributed by atoms with Crippen LogP contribution in [0.3, 0.4) is 0 Å². The fraction of sp³-hybridized carbons (Fsp3) is 0.167. The molecule has 0 unspecified atom stereocenters. The molecule has 3 aromatic rings. The Morgan fingerprint density at radius 3 is 2.36 bits per heavy atom. The molecule has 33 heavy (non-hydrogen) atoms. The number of allylic oxidation sites excluding steroid dienone is 1. The summed E-state index contributed by atoms with van der Waals surface area (Å²) in [7, 11) is 2.58. The second-order valence-corrected chi connectivity index (χ2v) is 8.62. The maximum atomic E-state index is 13.5. The van der Waals surface area contributed by atoms with Crippen molar-refractivity contribution in [3.63, 3.8) is 0 Å². The van der Waals surface area contributed by atoms with Gasteiger partial charge in [0.1, 0.15) is 0 Å². The minimum Gasteiger partial charge on any atom is -0.466 e. The number of thiazole rings is 1. The number of hydrogen-bond acceptors (Lipinski definition) is 7. The van der Waals surface area contributed by atoms with Crippen molar-refractivity contribution in [1.29, 1.82) is 0 Å². The van der Waals surface area contributed by atoms with Crippen molar-refractivity contribution in [2.24, 2.45) is 4.99 Å². The Balaban J connectivity index is 1.95. The molecule has 0 amide bonds. The van der Waals surface area contributed by atoms with Crippen LogP contribution in [0.5, 0.6) is 0 Å². The second kappa shape index (κ2) is 9.17. The summed E-state index contributed by atoms with van der Waals surface area (Å²) in [4.78, 5) is 43.0. The molecule has 0 saturated heterocycles. The standard InChI is InChI=1S/C24H19ClN2O5S/c1-13-19(23(30)32-3)20(14-8-10-15(11-9-14)22(29)31-2)27-21(28)18(33-24(27)26-13)12-16-6-4-5-7-17(16)25/h4-12,20H,1-3H3/b18-12-/t20-/m0/s1. The van der Waals surface area contributed by atoms with Crippen LogP contribution in [0.1, 0.15) is 34.5 Å². The first-order chi connectivity index (χ1) is 15.8. The van der Waals surface area contributed by atoms with Crippen LogP contribution < -0.4 is 14.9 Å². The Bertz CT molecular complexity index is 1470. The van der Waals surface area contributed by atoms with Gasteiger partial charge < -0.3 is 9.47 Å². The van der Waals surface area contributed by atoms with E-state index < -0.39 is 18.0 Å². The third-order valence-electron chi connectivity index (χ3n) is 5.27. The maximum Gasteiger partial charge on any atom is 0.338 e. The summed E-state index contributed by atoms with van der Waals surface area (Å²) in [6, 6.07) is 13.0. The molecule has 9 heteroatoms. The van der Waals surface area contributed by atoms with Gasteiger partial charge >= 0.3 is 11.9 Å². The fourth-order valence-electron chi connectivity index (χ4n) is 3.66.